The molecule has 2 N–H and O–H groups in total. The van der Waals surface area contributed by atoms with E-state index in [2.05, 4.69) is 5.32 Å². The maximum Gasteiger partial charge on any atom is 0.390 e. The molecular formula is C14H18F3NOS. The minimum atomic E-state index is -4.29. The Hall–Kier alpha value is -0.720. The van der Waals surface area contributed by atoms with Crippen LogP contribution in [-0.4, -0.2) is 29.6 Å². The lowest BCUT2D eigenvalue weighted by Gasteiger charge is -2.25. The number of benzene rings is 1. The molecule has 20 heavy (non-hydrogen) atoms. The van der Waals surface area contributed by atoms with Crippen molar-refractivity contribution in [3.05, 3.63) is 29.3 Å². The topological polar surface area (TPSA) is 32.3 Å². The third-order valence-electron chi connectivity index (χ3n) is 3.36. The smallest absolute Gasteiger partial charge is 0.387 e. The molecule has 2 unspecified atom stereocenters. The zero-order valence-electron chi connectivity index (χ0n) is 11.2. The summed E-state index contributed by atoms with van der Waals surface area (Å²) in [6.07, 6.45) is -5.50. The average molecular weight is 305 g/mol. The summed E-state index contributed by atoms with van der Waals surface area (Å²) in [6, 6.07) is 4.45. The third kappa shape index (κ3) is 3.90. The van der Waals surface area contributed by atoms with Gasteiger partial charge in [0.15, 0.2) is 0 Å². The van der Waals surface area contributed by atoms with Crippen LogP contribution >= 0.6 is 11.8 Å². The number of likely N-dealkylation sites (N-methyl/N-ethyl adjacent to an activating group) is 1. The van der Waals surface area contributed by atoms with E-state index in [1.165, 1.54) is 5.56 Å². The molecule has 1 heterocycles. The van der Waals surface area contributed by atoms with Crippen molar-refractivity contribution in [2.45, 2.75) is 43.0 Å². The van der Waals surface area contributed by atoms with Gasteiger partial charge >= 0.3 is 6.18 Å². The van der Waals surface area contributed by atoms with Crippen molar-refractivity contribution < 1.29 is 18.3 Å². The number of aryl methyl sites for hydroxylation is 1. The molecule has 0 aromatic heterocycles. The number of hydrogen-bond donors (Lipinski definition) is 2. The summed E-state index contributed by atoms with van der Waals surface area (Å²) in [5.41, 5.74) is 1.76. The molecule has 2 nitrogen and oxygen atoms in total. The van der Waals surface area contributed by atoms with Gasteiger partial charge in [0.2, 0.25) is 0 Å². The van der Waals surface area contributed by atoms with E-state index in [-0.39, 0.29) is 0 Å². The molecule has 2 rings (SSSR count). The van der Waals surface area contributed by atoms with Crippen LogP contribution in [0.25, 0.3) is 0 Å². The van der Waals surface area contributed by atoms with Crippen LogP contribution in [-0.2, 0) is 6.42 Å². The minimum Gasteiger partial charge on any atom is -0.387 e. The van der Waals surface area contributed by atoms with Crippen molar-refractivity contribution >= 4 is 11.8 Å². The van der Waals surface area contributed by atoms with Gasteiger partial charge in [0, 0.05) is 16.7 Å². The molecule has 1 aromatic rings. The third-order valence-corrected chi connectivity index (χ3v) is 4.46. The average Bonchev–Trinajstić information content (AvgIpc) is 2.83. The van der Waals surface area contributed by atoms with E-state index in [1.807, 2.05) is 12.1 Å². The van der Waals surface area contributed by atoms with E-state index in [9.17, 15) is 18.3 Å². The lowest BCUT2D eigenvalue weighted by Crippen LogP contribution is -2.38. The first-order valence-electron chi connectivity index (χ1n) is 6.64. The summed E-state index contributed by atoms with van der Waals surface area (Å²) in [4.78, 5) is 1.07. The molecule has 0 amide bonds. The van der Waals surface area contributed by atoms with Gasteiger partial charge in [0.05, 0.1) is 12.5 Å². The SMILES string of the molecule is CCNC(CC(F)(F)F)C(O)c1ccc2c(c1)SCC2. The molecular weight excluding hydrogens is 287 g/mol. The Labute approximate surface area is 120 Å². The molecule has 0 bridgehead atoms. The number of alkyl halides is 3. The number of nitrogens with one attached hydrogen (secondary N) is 1. The van der Waals surface area contributed by atoms with Gasteiger partial charge in [-0.1, -0.05) is 19.1 Å². The van der Waals surface area contributed by atoms with E-state index in [0.717, 1.165) is 17.1 Å². The lowest BCUT2D eigenvalue weighted by atomic mass is 9.98. The van der Waals surface area contributed by atoms with Gasteiger partial charge in [-0.05, 0) is 30.2 Å². The Morgan fingerprint density at radius 1 is 1.40 bits per heavy atom. The molecule has 0 fully saturated rings. The second-order valence-corrected chi connectivity index (χ2v) is 6.03. The standard InChI is InChI=1S/C14H18F3NOS/c1-2-18-11(8-14(15,16)17)13(19)10-4-3-9-5-6-20-12(9)7-10/h3-4,7,11,13,18-19H,2,5-6,8H2,1H3. The highest BCUT2D eigenvalue weighted by atomic mass is 32.2. The molecule has 0 saturated heterocycles. The van der Waals surface area contributed by atoms with Crippen LogP contribution in [0.2, 0.25) is 0 Å². The Bertz CT molecular complexity index is 464. The quantitative estimate of drug-likeness (QED) is 0.875. The molecule has 0 saturated carbocycles. The number of aliphatic hydroxyl groups excluding tert-OH is 1. The predicted octanol–water partition coefficient (Wildman–Crippen LogP) is 3.30. The molecule has 0 radical (unpaired) electrons. The van der Waals surface area contributed by atoms with Gasteiger partial charge in [-0.25, -0.2) is 0 Å². The highest BCUT2D eigenvalue weighted by Crippen LogP contribution is 2.35. The fraction of sp³-hybridized carbons (Fsp3) is 0.571. The first-order valence-corrected chi connectivity index (χ1v) is 7.63. The second kappa shape index (κ2) is 6.37. The summed E-state index contributed by atoms with van der Waals surface area (Å²) in [7, 11) is 0. The van der Waals surface area contributed by atoms with E-state index in [4.69, 9.17) is 0 Å². The van der Waals surface area contributed by atoms with Gasteiger partial charge in [0.25, 0.3) is 0 Å². The Balaban J connectivity index is 2.16. The zero-order valence-corrected chi connectivity index (χ0v) is 12.0. The van der Waals surface area contributed by atoms with Gasteiger partial charge in [-0.3, -0.25) is 0 Å². The van der Waals surface area contributed by atoms with Crippen molar-refractivity contribution in [1.82, 2.24) is 5.32 Å². The molecule has 1 aromatic carbocycles. The van der Waals surface area contributed by atoms with Crippen LogP contribution < -0.4 is 5.32 Å². The van der Waals surface area contributed by atoms with Crippen molar-refractivity contribution in [2.75, 3.05) is 12.3 Å². The van der Waals surface area contributed by atoms with Gasteiger partial charge < -0.3 is 10.4 Å². The number of hydrogen-bond acceptors (Lipinski definition) is 3. The summed E-state index contributed by atoms with van der Waals surface area (Å²) >= 11 is 1.68. The number of fused-ring (bicyclic) bond motifs is 1. The second-order valence-electron chi connectivity index (χ2n) is 4.89. The van der Waals surface area contributed by atoms with Gasteiger partial charge in [-0.15, -0.1) is 11.8 Å². The molecule has 6 heteroatoms. The van der Waals surface area contributed by atoms with E-state index < -0.39 is 24.7 Å². The predicted molar refractivity (Wildman–Crippen MR) is 74.0 cm³/mol. The Morgan fingerprint density at radius 3 is 2.80 bits per heavy atom. The van der Waals surface area contributed by atoms with Gasteiger partial charge in [0.1, 0.15) is 0 Å². The highest BCUT2D eigenvalue weighted by molar-refractivity contribution is 7.99. The van der Waals surface area contributed by atoms with E-state index >= 15 is 0 Å². The number of rotatable bonds is 5. The molecule has 1 aliphatic rings. The first kappa shape index (κ1) is 15.7. The maximum absolute atomic E-state index is 12.6. The Morgan fingerprint density at radius 2 is 2.15 bits per heavy atom. The fourth-order valence-corrected chi connectivity index (χ4v) is 3.52. The van der Waals surface area contributed by atoms with E-state index in [1.54, 1.807) is 24.8 Å². The van der Waals surface area contributed by atoms with Crippen molar-refractivity contribution in [3.63, 3.8) is 0 Å². The van der Waals surface area contributed by atoms with Crippen LogP contribution in [0.1, 0.15) is 30.6 Å². The normalized spacial score (nSPS) is 17.9. The monoisotopic (exact) mass is 305 g/mol. The Kier molecular flexibility index (Phi) is 4.99. The lowest BCUT2D eigenvalue weighted by molar-refractivity contribution is -0.146. The first-order chi connectivity index (χ1) is 9.40. The highest BCUT2D eigenvalue weighted by Gasteiger charge is 2.35. The summed E-state index contributed by atoms with van der Waals surface area (Å²) in [5.74, 6) is 0.994. The number of aliphatic hydroxyl groups is 1. The van der Waals surface area contributed by atoms with Crippen LogP contribution in [0, 0.1) is 0 Å². The summed E-state index contributed by atoms with van der Waals surface area (Å²) in [5, 5.41) is 13.0. The minimum absolute atomic E-state index is 0.386. The molecule has 0 spiro atoms. The van der Waals surface area contributed by atoms with Crippen LogP contribution in [0.15, 0.2) is 23.1 Å². The van der Waals surface area contributed by atoms with Crippen molar-refractivity contribution in [3.8, 4) is 0 Å². The van der Waals surface area contributed by atoms with Crippen LogP contribution in [0.4, 0.5) is 13.2 Å². The van der Waals surface area contributed by atoms with E-state index in [0.29, 0.717) is 12.1 Å². The van der Waals surface area contributed by atoms with Crippen molar-refractivity contribution in [1.29, 1.82) is 0 Å². The summed E-state index contributed by atoms with van der Waals surface area (Å²) < 4.78 is 37.7. The number of thioether (sulfide) groups is 1. The van der Waals surface area contributed by atoms with Crippen LogP contribution in [0.3, 0.4) is 0 Å². The molecule has 112 valence electrons. The largest absolute Gasteiger partial charge is 0.390 e. The summed E-state index contributed by atoms with van der Waals surface area (Å²) in [6.45, 7) is 2.12. The number of halogens is 3. The molecule has 0 aliphatic carbocycles. The van der Waals surface area contributed by atoms with Gasteiger partial charge in [-0.2, -0.15) is 13.2 Å². The van der Waals surface area contributed by atoms with Crippen molar-refractivity contribution in [2.24, 2.45) is 0 Å². The zero-order chi connectivity index (χ0) is 14.8. The maximum atomic E-state index is 12.6. The van der Waals surface area contributed by atoms with Crippen LogP contribution in [0.5, 0.6) is 0 Å². The molecule has 2 atom stereocenters. The molecule has 1 aliphatic heterocycles. The fourth-order valence-electron chi connectivity index (χ4n) is 2.41.